The highest BCUT2D eigenvalue weighted by Gasteiger charge is 2.27. The normalized spacial score (nSPS) is 21.3. The van der Waals surface area contributed by atoms with Crippen molar-refractivity contribution in [2.24, 2.45) is 63.6 Å². The van der Waals surface area contributed by atoms with Crippen molar-refractivity contribution in [3.63, 3.8) is 0 Å². The molecule has 8 aromatic rings. The van der Waals surface area contributed by atoms with E-state index in [2.05, 4.69) is 244 Å². The third-order valence-electron chi connectivity index (χ3n) is 28.0. The molecule has 0 spiro atoms. The van der Waals surface area contributed by atoms with Gasteiger partial charge in [-0.1, -0.05) is 196 Å². The van der Waals surface area contributed by atoms with E-state index >= 15 is 0 Å². The quantitative estimate of drug-likeness (QED) is 0.0818. The highest BCUT2D eigenvalue weighted by molar-refractivity contribution is 6.32. The van der Waals surface area contributed by atoms with E-state index in [0.29, 0.717) is 30.2 Å². The molecule has 0 N–H and O–H groups in total. The van der Waals surface area contributed by atoms with Gasteiger partial charge in [-0.25, -0.2) is 0 Å². The molecule has 8 nitrogen and oxygen atoms in total. The third-order valence-corrected chi connectivity index (χ3v) is 29.6. The summed E-state index contributed by atoms with van der Waals surface area (Å²) in [5.41, 5.74) is 41.0. The second-order valence-electron chi connectivity index (χ2n) is 39.5. The first-order chi connectivity index (χ1) is 61.1. The molecule has 8 heterocycles. The maximum atomic E-state index is 6.25. The van der Waals surface area contributed by atoms with E-state index in [4.69, 9.17) is 56.4 Å². The lowest BCUT2D eigenvalue weighted by atomic mass is 9.96. The van der Waals surface area contributed by atoms with Crippen LogP contribution in [0.2, 0.25) is 20.1 Å². The average molecular weight is 1780 g/mol. The second kappa shape index (κ2) is 48.4. The summed E-state index contributed by atoms with van der Waals surface area (Å²) < 4.78 is 0. The summed E-state index contributed by atoms with van der Waals surface area (Å²) in [6.45, 7) is 38.3. The van der Waals surface area contributed by atoms with Crippen LogP contribution in [0, 0.1) is 72.1 Å². The van der Waals surface area contributed by atoms with Crippen LogP contribution < -0.4 is 0 Å². The summed E-state index contributed by atoms with van der Waals surface area (Å²) in [6.07, 6.45) is 36.5. The Balaban J connectivity index is 0.000000132. The molecule has 8 aromatic carbocycles. The van der Waals surface area contributed by atoms with E-state index < -0.39 is 0 Å². The molecule has 8 atom stereocenters. The zero-order valence-electron chi connectivity index (χ0n) is 80.1. The maximum Gasteiger partial charge on any atom is 0.0505 e. The topological polar surface area (TPSA) is 98.9 Å². The van der Waals surface area contributed by atoms with E-state index in [1.165, 1.54) is 251 Å². The molecule has 0 amide bonds. The molecule has 3 aliphatic carbocycles. The Morgan fingerprint density at radius 2 is 0.598 bits per heavy atom. The van der Waals surface area contributed by atoms with Gasteiger partial charge in [0.15, 0.2) is 0 Å². The SMILES string of the molecule is CC1CCC(Cc2cccc3c2CCC3)=N1.CC1CN=C(Cc2ccc(Cl)c3c2CCC3)C1.CC1CN=C(Cc2cccc3c2CCC3)C1.Cc1c(Cl)cccc1CC1=NC(C)CC1.Cc1c(Cl)cccc1CC1=NCC(C)C1.Cc1c(Cl)cccc1CC1=N[C@@H](CC(C)C)CC1.Cc1cccc(C)c1CC1=NC(C)CC1.Cc1cccc(CC2=NC(C)CC2)c1C. The Hall–Kier alpha value is -7.72. The van der Waals surface area contributed by atoms with Crippen molar-refractivity contribution in [3.05, 3.63) is 276 Å². The molecule has 0 radical (unpaired) electrons. The Bertz CT molecular complexity index is 5220. The molecule has 0 fully saturated rings. The predicted octanol–water partition coefficient (Wildman–Crippen LogP) is 29.7. The van der Waals surface area contributed by atoms with Crippen molar-refractivity contribution in [2.75, 3.05) is 19.6 Å². The minimum Gasteiger partial charge on any atom is -0.293 e. The Morgan fingerprint density at radius 3 is 1.00 bits per heavy atom. The fourth-order valence-corrected chi connectivity index (χ4v) is 21.1. The van der Waals surface area contributed by atoms with Crippen molar-refractivity contribution < 1.29 is 0 Å². The molecule has 0 saturated carbocycles. The van der Waals surface area contributed by atoms with Gasteiger partial charge in [0.25, 0.3) is 0 Å². The van der Waals surface area contributed by atoms with Crippen LogP contribution in [-0.2, 0) is 89.9 Å². The number of fused-ring (bicyclic) bond motifs is 3. The molecule has 12 heteroatoms. The number of aryl methyl sites for hydroxylation is 5. The third kappa shape index (κ3) is 29.4. The van der Waals surface area contributed by atoms with Crippen LogP contribution >= 0.6 is 46.4 Å². The van der Waals surface area contributed by atoms with Crippen LogP contribution in [0.15, 0.2) is 179 Å². The number of hydrogen-bond donors (Lipinski definition) is 0. The summed E-state index contributed by atoms with van der Waals surface area (Å²) in [4.78, 5) is 37.4. The van der Waals surface area contributed by atoms with Crippen LogP contribution in [0.1, 0.15) is 288 Å². The highest BCUT2D eigenvalue weighted by Crippen LogP contribution is 2.36. The molecule has 19 rings (SSSR count). The first-order valence-corrected chi connectivity index (χ1v) is 50.3. The summed E-state index contributed by atoms with van der Waals surface area (Å²) in [6, 6.07) is 52.1. The second-order valence-corrected chi connectivity index (χ2v) is 41.2. The minimum absolute atomic E-state index is 0.513. The van der Waals surface area contributed by atoms with Crippen LogP contribution in [0.3, 0.4) is 0 Å². The number of rotatable bonds is 18. The smallest absolute Gasteiger partial charge is 0.0505 e. The number of aliphatic imine (C=N–C) groups is 8. The Morgan fingerprint density at radius 1 is 0.283 bits per heavy atom. The van der Waals surface area contributed by atoms with Gasteiger partial charge < -0.3 is 0 Å². The molecule has 11 aliphatic rings. The lowest BCUT2D eigenvalue weighted by Crippen LogP contribution is -2.04. The van der Waals surface area contributed by atoms with E-state index in [9.17, 15) is 0 Å². The van der Waals surface area contributed by atoms with Crippen LogP contribution in [0.5, 0.6) is 0 Å². The standard InChI is InChI=1S/C16H22ClN.C15H18ClN.2C15H19N.2C14H19N.2C13H16ClN/c1-11(2)9-14-7-8-15(18-14)10-13-5-4-6-16(17)12(13)3;1-10-7-12(17-9-10)8-11-5-6-15(16)14-4-2-3-13(11)14;1-11-8-14(16-10-11)9-13-6-2-4-12-5-3-7-15(12)13;1-11-8-9-14(16-11)10-13-6-2-4-12-5-3-7-15(12)13;1-10-5-4-6-13(12(10)3)9-14-8-7-11(2)15-14;1-10-5-4-6-11(2)14(10)9-13-8-7-12(3)15-13;1-9-6-12(15-8-9)7-11-4-3-5-13(14)10(11)2;1-9-6-7-12(15-9)8-11-4-3-5-13(14)10(11)2/h4-6,11,14H,7-10H2,1-3H3;5-6,10H,2-4,7-9H2,1H3;2*2,4,6,11H,3,5,7-10H2,1H3;4-6,11H,7-9H2,1-3H3;4-6,12H,7-9H2,1-3H3;2*3-5,9H,6-8H2,1-2H3/t14-;;;;;;;/m1......./s1. The number of benzene rings is 8. The van der Waals surface area contributed by atoms with Gasteiger partial charge in [0, 0.05) is 161 Å². The zero-order valence-corrected chi connectivity index (χ0v) is 83.1. The first kappa shape index (κ1) is 98.3. The van der Waals surface area contributed by atoms with Gasteiger partial charge in [-0.15, -0.1) is 0 Å². The minimum atomic E-state index is 0.513. The largest absolute Gasteiger partial charge is 0.293 e. The summed E-state index contributed by atoms with van der Waals surface area (Å²) >= 11 is 24.6. The Labute approximate surface area is 786 Å². The zero-order chi connectivity index (χ0) is 90.2. The van der Waals surface area contributed by atoms with Crippen molar-refractivity contribution >= 4 is 92.1 Å². The first-order valence-electron chi connectivity index (χ1n) is 48.8. The molecule has 676 valence electrons. The number of halogens is 4. The molecule has 0 bridgehead atoms. The molecule has 0 saturated heterocycles. The fraction of sp³-hybridized carbons (Fsp3) is 0.513. The van der Waals surface area contributed by atoms with Crippen LogP contribution in [0.4, 0.5) is 0 Å². The monoisotopic (exact) mass is 1780 g/mol. The van der Waals surface area contributed by atoms with Gasteiger partial charge >= 0.3 is 0 Å². The van der Waals surface area contributed by atoms with Crippen molar-refractivity contribution in [3.8, 4) is 0 Å². The molecular formula is C115H148Cl4N8. The van der Waals surface area contributed by atoms with E-state index in [1.807, 2.05) is 36.4 Å². The van der Waals surface area contributed by atoms with Crippen molar-refractivity contribution in [1.29, 1.82) is 0 Å². The van der Waals surface area contributed by atoms with Crippen LogP contribution in [-0.4, -0.2) is 95.5 Å². The lowest BCUT2D eigenvalue weighted by molar-refractivity contribution is 0.496. The van der Waals surface area contributed by atoms with E-state index in [-0.39, 0.29) is 0 Å². The highest BCUT2D eigenvalue weighted by atomic mass is 35.5. The van der Waals surface area contributed by atoms with Gasteiger partial charge in [-0.05, 0) is 389 Å². The molecule has 8 aliphatic heterocycles. The Kier molecular flexibility index (Phi) is 37.5. The maximum absolute atomic E-state index is 6.25. The average Bonchev–Trinajstić information content (AvgIpc) is 1.68. The van der Waals surface area contributed by atoms with E-state index in [0.717, 1.165) is 140 Å². The number of hydrogen-bond acceptors (Lipinski definition) is 8. The fourth-order valence-electron chi connectivity index (χ4n) is 20.2. The van der Waals surface area contributed by atoms with Gasteiger partial charge in [-0.2, -0.15) is 0 Å². The van der Waals surface area contributed by atoms with Gasteiger partial charge in [0.05, 0.1) is 6.04 Å². The number of nitrogens with zero attached hydrogens (tertiary/aromatic N) is 8. The summed E-state index contributed by atoms with van der Waals surface area (Å²) in [5.74, 6) is 2.97. The predicted molar refractivity (Wildman–Crippen MR) is 553 cm³/mol. The molecule has 0 aromatic heterocycles. The van der Waals surface area contributed by atoms with E-state index in [1.54, 1.807) is 33.4 Å². The van der Waals surface area contributed by atoms with Gasteiger partial charge in [0.2, 0.25) is 0 Å². The van der Waals surface area contributed by atoms with Gasteiger partial charge in [-0.3, -0.25) is 39.9 Å². The van der Waals surface area contributed by atoms with Crippen molar-refractivity contribution in [2.45, 2.75) is 340 Å². The summed E-state index contributed by atoms with van der Waals surface area (Å²) in [5, 5.41) is 3.55. The van der Waals surface area contributed by atoms with Gasteiger partial charge in [0.1, 0.15) is 0 Å². The van der Waals surface area contributed by atoms with Crippen LogP contribution in [0.25, 0.3) is 0 Å². The lowest BCUT2D eigenvalue weighted by Gasteiger charge is -2.10. The summed E-state index contributed by atoms with van der Waals surface area (Å²) in [7, 11) is 0. The molecule has 127 heavy (non-hydrogen) atoms. The van der Waals surface area contributed by atoms with Crippen molar-refractivity contribution in [1.82, 2.24) is 0 Å². The molecule has 7 unspecified atom stereocenters. The molecular weight excluding hydrogens is 1640 g/mol.